The van der Waals surface area contributed by atoms with Gasteiger partial charge in [0, 0.05) is 22.3 Å². The first kappa shape index (κ1) is 19.4. The van der Waals surface area contributed by atoms with Gasteiger partial charge in [-0.2, -0.15) is 0 Å². The van der Waals surface area contributed by atoms with Gasteiger partial charge in [-0.25, -0.2) is 0 Å². The second kappa shape index (κ2) is 9.00. The minimum Gasteiger partial charge on any atom is -0.484 e. The number of thioether (sulfide) groups is 1. The van der Waals surface area contributed by atoms with Gasteiger partial charge in [-0.1, -0.05) is 64.8 Å². The van der Waals surface area contributed by atoms with Crippen molar-refractivity contribution >= 4 is 46.6 Å². The van der Waals surface area contributed by atoms with E-state index in [2.05, 4.69) is 10.2 Å². The smallest absolute Gasteiger partial charge is 0.191 e. The number of aromatic nitrogens is 3. The molecule has 0 saturated heterocycles. The van der Waals surface area contributed by atoms with Crippen LogP contribution in [0.3, 0.4) is 0 Å². The minimum absolute atomic E-state index is 0.273. The molecule has 0 unspecified atom stereocenters. The van der Waals surface area contributed by atoms with Crippen LogP contribution in [0, 0.1) is 0 Å². The van der Waals surface area contributed by atoms with E-state index in [0.29, 0.717) is 15.8 Å². The van der Waals surface area contributed by atoms with E-state index < -0.39 is 0 Å². The maximum atomic E-state index is 6.21. The van der Waals surface area contributed by atoms with Crippen molar-refractivity contribution in [1.82, 2.24) is 14.8 Å². The third-order valence-electron chi connectivity index (χ3n) is 3.67. The molecule has 26 heavy (non-hydrogen) atoms. The number of hydrogen-bond donors (Lipinski definition) is 0. The van der Waals surface area contributed by atoms with Gasteiger partial charge in [0.05, 0.1) is 5.02 Å². The Bertz CT molecular complexity index is 901. The molecular formula is C18H16Cl3N3OS. The van der Waals surface area contributed by atoms with Crippen LogP contribution in [-0.2, 0) is 18.9 Å². The largest absolute Gasteiger partial charge is 0.484 e. The van der Waals surface area contributed by atoms with Crippen molar-refractivity contribution in [2.45, 2.75) is 31.0 Å². The first-order valence-electron chi connectivity index (χ1n) is 7.94. The van der Waals surface area contributed by atoms with Crippen LogP contribution in [0.1, 0.15) is 18.3 Å². The fourth-order valence-electron chi connectivity index (χ4n) is 2.34. The van der Waals surface area contributed by atoms with Crippen LogP contribution in [0.2, 0.25) is 15.1 Å². The average Bonchev–Trinajstić information content (AvgIpc) is 3.02. The molecule has 4 nitrogen and oxygen atoms in total. The first-order chi connectivity index (χ1) is 12.6. The van der Waals surface area contributed by atoms with Gasteiger partial charge < -0.3 is 9.30 Å². The molecule has 3 aromatic rings. The monoisotopic (exact) mass is 427 g/mol. The van der Waals surface area contributed by atoms with E-state index in [4.69, 9.17) is 39.5 Å². The van der Waals surface area contributed by atoms with Gasteiger partial charge in [0.25, 0.3) is 0 Å². The summed E-state index contributed by atoms with van der Waals surface area (Å²) >= 11 is 19.8. The highest BCUT2D eigenvalue weighted by Gasteiger charge is 2.13. The molecule has 0 amide bonds. The predicted molar refractivity (Wildman–Crippen MR) is 108 cm³/mol. The Labute approximate surface area is 171 Å². The fraction of sp³-hybridized carbons (Fsp3) is 0.222. The molecule has 2 aromatic carbocycles. The second-order valence-corrected chi connectivity index (χ2v) is 7.58. The van der Waals surface area contributed by atoms with Gasteiger partial charge in [0.1, 0.15) is 12.4 Å². The molecule has 1 heterocycles. The normalized spacial score (nSPS) is 10.9. The molecular weight excluding hydrogens is 413 g/mol. The molecule has 0 radical (unpaired) electrons. The van der Waals surface area contributed by atoms with Gasteiger partial charge in [0.15, 0.2) is 11.0 Å². The van der Waals surface area contributed by atoms with E-state index in [-0.39, 0.29) is 6.61 Å². The number of ether oxygens (including phenoxy) is 1. The highest BCUT2D eigenvalue weighted by molar-refractivity contribution is 7.98. The van der Waals surface area contributed by atoms with Crippen molar-refractivity contribution in [1.29, 1.82) is 0 Å². The molecule has 3 rings (SSSR count). The van der Waals surface area contributed by atoms with E-state index >= 15 is 0 Å². The van der Waals surface area contributed by atoms with Crippen LogP contribution in [0.25, 0.3) is 0 Å². The average molecular weight is 429 g/mol. The van der Waals surface area contributed by atoms with Crippen LogP contribution in [0.5, 0.6) is 5.75 Å². The van der Waals surface area contributed by atoms with Crippen LogP contribution in [-0.4, -0.2) is 14.8 Å². The quantitative estimate of drug-likeness (QED) is 0.424. The van der Waals surface area contributed by atoms with Crippen LogP contribution in [0.15, 0.2) is 47.6 Å². The van der Waals surface area contributed by atoms with Crippen molar-refractivity contribution in [2.24, 2.45) is 0 Å². The van der Waals surface area contributed by atoms with E-state index in [1.807, 2.05) is 35.8 Å². The van der Waals surface area contributed by atoms with Crippen molar-refractivity contribution in [2.75, 3.05) is 0 Å². The summed E-state index contributed by atoms with van der Waals surface area (Å²) in [6, 6.07) is 12.9. The lowest BCUT2D eigenvalue weighted by atomic mass is 10.2. The molecule has 0 atom stereocenters. The van der Waals surface area contributed by atoms with Gasteiger partial charge in [-0.3, -0.25) is 0 Å². The fourth-order valence-corrected chi connectivity index (χ4v) is 4.11. The topological polar surface area (TPSA) is 39.9 Å². The molecule has 0 saturated carbocycles. The number of nitrogens with zero attached hydrogens (tertiary/aromatic N) is 3. The molecule has 0 spiro atoms. The Balaban J connectivity index is 1.68. The first-order valence-corrected chi connectivity index (χ1v) is 10.1. The van der Waals surface area contributed by atoms with Crippen molar-refractivity contribution in [3.05, 3.63) is 68.9 Å². The highest BCUT2D eigenvalue weighted by Crippen LogP contribution is 2.29. The number of benzene rings is 2. The third-order valence-corrected chi connectivity index (χ3v) is 5.59. The Morgan fingerprint density at radius 2 is 1.85 bits per heavy atom. The number of rotatable bonds is 7. The van der Waals surface area contributed by atoms with Gasteiger partial charge in [-0.15, -0.1) is 10.2 Å². The summed E-state index contributed by atoms with van der Waals surface area (Å²) in [5.41, 5.74) is 1.07. The predicted octanol–water partition coefficient (Wildman–Crippen LogP) is 6.13. The van der Waals surface area contributed by atoms with Crippen molar-refractivity contribution in [3.63, 3.8) is 0 Å². The maximum absolute atomic E-state index is 6.21. The van der Waals surface area contributed by atoms with E-state index in [9.17, 15) is 0 Å². The Morgan fingerprint density at radius 1 is 1.04 bits per heavy atom. The highest BCUT2D eigenvalue weighted by atomic mass is 35.5. The lowest BCUT2D eigenvalue weighted by molar-refractivity contribution is 0.288. The molecule has 136 valence electrons. The third kappa shape index (κ3) is 4.65. The summed E-state index contributed by atoms with van der Waals surface area (Å²) < 4.78 is 7.79. The van der Waals surface area contributed by atoms with E-state index in [0.717, 1.165) is 33.9 Å². The molecule has 0 aliphatic rings. The molecule has 0 aliphatic heterocycles. The van der Waals surface area contributed by atoms with Crippen molar-refractivity contribution < 1.29 is 4.74 Å². The lowest BCUT2D eigenvalue weighted by Crippen LogP contribution is -2.07. The van der Waals surface area contributed by atoms with Gasteiger partial charge in [0.2, 0.25) is 0 Å². The summed E-state index contributed by atoms with van der Waals surface area (Å²) in [5.74, 6) is 2.02. The van der Waals surface area contributed by atoms with E-state index in [1.165, 1.54) is 0 Å². The zero-order chi connectivity index (χ0) is 18.5. The standard InChI is InChI=1S/C18H16Cl3N3OS/c1-2-24-17(10-25-16-8-7-13(19)9-15(16)21)22-23-18(24)26-11-12-5-3-4-6-14(12)20/h3-9H,2,10-11H2,1H3. The zero-order valence-corrected chi connectivity index (χ0v) is 17.0. The Morgan fingerprint density at radius 3 is 2.58 bits per heavy atom. The summed E-state index contributed by atoms with van der Waals surface area (Å²) in [6.07, 6.45) is 0. The lowest BCUT2D eigenvalue weighted by Gasteiger charge is -2.10. The van der Waals surface area contributed by atoms with Crippen LogP contribution in [0.4, 0.5) is 0 Å². The molecule has 0 N–H and O–H groups in total. The summed E-state index contributed by atoms with van der Waals surface area (Å²) in [5, 5.41) is 11.1. The van der Waals surface area contributed by atoms with E-state index in [1.54, 1.807) is 30.0 Å². The molecule has 8 heteroatoms. The second-order valence-electron chi connectivity index (χ2n) is 5.39. The van der Waals surface area contributed by atoms with Crippen LogP contribution >= 0.6 is 46.6 Å². The summed E-state index contributed by atoms with van der Waals surface area (Å²) in [6.45, 7) is 3.06. The molecule has 1 aromatic heterocycles. The molecule has 0 fully saturated rings. The number of hydrogen-bond acceptors (Lipinski definition) is 4. The Kier molecular flexibility index (Phi) is 6.70. The minimum atomic E-state index is 0.273. The maximum Gasteiger partial charge on any atom is 0.191 e. The Hall–Kier alpha value is -1.40. The SMILES string of the molecule is CCn1c(COc2ccc(Cl)cc2Cl)nnc1SCc1ccccc1Cl. The number of halogens is 3. The zero-order valence-electron chi connectivity index (χ0n) is 14.0. The molecule has 0 bridgehead atoms. The molecule has 0 aliphatic carbocycles. The van der Waals surface area contributed by atoms with Crippen molar-refractivity contribution in [3.8, 4) is 5.75 Å². The summed E-state index contributed by atoms with van der Waals surface area (Å²) in [7, 11) is 0. The van der Waals surface area contributed by atoms with Gasteiger partial charge in [-0.05, 0) is 36.8 Å². The summed E-state index contributed by atoms with van der Waals surface area (Å²) in [4.78, 5) is 0. The van der Waals surface area contributed by atoms with Gasteiger partial charge >= 0.3 is 0 Å². The van der Waals surface area contributed by atoms with Crippen LogP contribution < -0.4 is 4.74 Å².